The Kier molecular flexibility index (Phi) is 4.93. The molecule has 3 heterocycles. The summed E-state index contributed by atoms with van der Waals surface area (Å²) in [5, 5.41) is 13.1. The van der Waals surface area contributed by atoms with Crippen LogP contribution in [0.3, 0.4) is 0 Å². The molecule has 1 aromatic rings. The second-order valence-corrected chi connectivity index (χ2v) is 8.60. The topological polar surface area (TPSA) is 95.7 Å². The third kappa shape index (κ3) is 3.62. The van der Waals surface area contributed by atoms with Crippen LogP contribution in [0.15, 0.2) is 6.07 Å². The van der Waals surface area contributed by atoms with E-state index < -0.39 is 16.2 Å². The van der Waals surface area contributed by atoms with Crippen molar-refractivity contribution in [3.63, 3.8) is 0 Å². The lowest BCUT2D eigenvalue weighted by Crippen LogP contribution is -2.49. The fraction of sp³-hybridized carbons (Fsp3) is 0.733. The fourth-order valence-corrected chi connectivity index (χ4v) is 4.84. The molecular weight excluding hydrogens is 332 g/mol. The number of carboxylic acid groups (broad SMARTS) is 1. The van der Waals surface area contributed by atoms with Crippen LogP contribution in [0.1, 0.15) is 37.6 Å². The number of aromatic nitrogens is 2. The summed E-state index contributed by atoms with van der Waals surface area (Å²) in [4.78, 5) is 10.7. The van der Waals surface area contributed by atoms with E-state index >= 15 is 0 Å². The van der Waals surface area contributed by atoms with Crippen molar-refractivity contribution in [2.24, 2.45) is 5.92 Å². The Morgan fingerprint density at radius 1 is 1.25 bits per heavy atom. The van der Waals surface area contributed by atoms with Gasteiger partial charge in [-0.1, -0.05) is 6.92 Å². The van der Waals surface area contributed by atoms with Gasteiger partial charge in [-0.3, -0.25) is 9.48 Å². The van der Waals surface area contributed by atoms with Crippen LogP contribution in [0.25, 0.3) is 0 Å². The Morgan fingerprint density at radius 3 is 2.62 bits per heavy atom. The number of carboxylic acids is 1. The number of hydrogen-bond acceptors (Lipinski definition) is 4. The molecule has 134 valence electrons. The Labute approximate surface area is 142 Å². The summed E-state index contributed by atoms with van der Waals surface area (Å²) in [6.07, 6.45) is 2.21. The number of piperidine rings is 1. The van der Waals surface area contributed by atoms with Gasteiger partial charge >= 0.3 is 5.97 Å². The summed E-state index contributed by atoms with van der Waals surface area (Å²) >= 11 is 0. The molecule has 0 spiro atoms. The predicted molar refractivity (Wildman–Crippen MR) is 87.5 cm³/mol. The smallest absolute Gasteiger partial charge is 0.303 e. The Balaban J connectivity index is 1.69. The van der Waals surface area contributed by atoms with Gasteiger partial charge in [-0.25, -0.2) is 0 Å². The van der Waals surface area contributed by atoms with Crippen LogP contribution in [0.5, 0.6) is 0 Å². The monoisotopic (exact) mass is 356 g/mol. The zero-order chi connectivity index (χ0) is 17.3. The van der Waals surface area contributed by atoms with Gasteiger partial charge in [-0.2, -0.15) is 22.1 Å². The van der Waals surface area contributed by atoms with E-state index in [1.54, 1.807) is 8.99 Å². The molecule has 2 aliphatic rings. The van der Waals surface area contributed by atoms with Crippen LogP contribution in [0, 0.1) is 5.92 Å². The van der Waals surface area contributed by atoms with Crippen molar-refractivity contribution in [3.05, 3.63) is 17.5 Å². The molecule has 1 aromatic heterocycles. The van der Waals surface area contributed by atoms with Crippen LogP contribution in [0.2, 0.25) is 0 Å². The molecule has 1 N–H and O–H groups in total. The van der Waals surface area contributed by atoms with E-state index in [1.165, 1.54) is 4.31 Å². The molecule has 3 rings (SSSR count). The molecular formula is C15H24N4O4S. The zero-order valence-corrected chi connectivity index (χ0v) is 14.7. The highest BCUT2D eigenvalue weighted by Crippen LogP contribution is 2.24. The van der Waals surface area contributed by atoms with Crippen LogP contribution in [-0.4, -0.2) is 57.5 Å². The first-order chi connectivity index (χ1) is 11.4. The highest BCUT2D eigenvalue weighted by molar-refractivity contribution is 7.86. The lowest BCUT2D eigenvalue weighted by molar-refractivity contribution is -0.136. The largest absolute Gasteiger partial charge is 0.481 e. The fourth-order valence-electron chi connectivity index (χ4n) is 3.23. The van der Waals surface area contributed by atoms with Gasteiger partial charge in [0.15, 0.2) is 0 Å². The van der Waals surface area contributed by atoms with E-state index in [9.17, 15) is 13.2 Å². The van der Waals surface area contributed by atoms with E-state index in [0.29, 0.717) is 50.8 Å². The van der Waals surface area contributed by atoms with Crippen molar-refractivity contribution in [2.75, 3.05) is 19.6 Å². The SMILES string of the molecule is CC1CCN(S(=O)(=O)N2CCn3nc(CCC(=O)O)cc3C2)CC1. The van der Waals surface area contributed by atoms with Gasteiger partial charge in [0, 0.05) is 26.1 Å². The van der Waals surface area contributed by atoms with Gasteiger partial charge in [-0.05, 0) is 24.8 Å². The van der Waals surface area contributed by atoms with Crippen LogP contribution in [0.4, 0.5) is 0 Å². The average molecular weight is 356 g/mol. The summed E-state index contributed by atoms with van der Waals surface area (Å²) in [5.74, 6) is -0.277. The van der Waals surface area contributed by atoms with Crippen LogP contribution >= 0.6 is 0 Å². The Bertz CT molecular complexity index is 707. The van der Waals surface area contributed by atoms with Gasteiger partial charge < -0.3 is 5.11 Å². The lowest BCUT2D eigenvalue weighted by atomic mass is 10.0. The van der Waals surface area contributed by atoms with Crippen LogP contribution in [-0.2, 0) is 34.5 Å². The molecule has 0 unspecified atom stereocenters. The van der Waals surface area contributed by atoms with E-state index in [1.807, 2.05) is 6.07 Å². The van der Waals surface area contributed by atoms with Crippen molar-refractivity contribution >= 4 is 16.2 Å². The number of carbonyl (C=O) groups is 1. The maximum absolute atomic E-state index is 12.8. The second kappa shape index (κ2) is 6.81. The third-order valence-corrected chi connectivity index (χ3v) is 6.79. The molecule has 1 saturated heterocycles. The minimum absolute atomic E-state index is 0.0322. The second-order valence-electron chi connectivity index (χ2n) is 6.67. The van der Waals surface area contributed by atoms with E-state index in [-0.39, 0.29) is 6.42 Å². The Hall–Kier alpha value is -1.45. The predicted octanol–water partition coefficient (Wildman–Crippen LogP) is 0.693. The average Bonchev–Trinajstić information content (AvgIpc) is 2.95. The molecule has 0 aromatic carbocycles. The van der Waals surface area contributed by atoms with Gasteiger partial charge in [0.2, 0.25) is 0 Å². The van der Waals surface area contributed by atoms with Gasteiger partial charge in [0.1, 0.15) is 0 Å². The van der Waals surface area contributed by atoms with E-state index in [2.05, 4.69) is 12.0 Å². The van der Waals surface area contributed by atoms with Crippen molar-refractivity contribution in [3.8, 4) is 0 Å². The van der Waals surface area contributed by atoms with Crippen LogP contribution < -0.4 is 0 Å². The highest BCUT2D eigenvalue weighted by Gasteiger charge is 2.34. The molecule has 0 radical (unpaired) electrons. The Morgan fingerprint density at radius 2 is 1.96 bits per heavy atom. The zero-order valence-electron chi connectivity index (χ0n) is 13.9. The summed E-state index contributed by atoms with van der Waals surface area (Å²) in [5.41, 5.74) is 1.54. The minimum Gasteiger partial charge on any atom is -0.481 e. The number of hydrogen-bond donors (Lipinski definition) is 1. The third-order valence-electron chi connectivity index (χ3n) is 4.80. The number of fused-ring (bicyclic) bond motifs is 1. The quantitative estimate of drug-likeness (QED) is 0.837. The molecule has 8 nitrogen and oxygen atoms in total. The number of aryl methyl sites for hydroxylation is 1. The minimum atomic E-state index is -3.44. The summed E-state index contributed by atoms with van der Waals surface area (Å²) in [7, 11) is -3.44. The normalized spacial score (nSPS) is 20.9. The molecule has 0 aliphatic carbocycles. The van der Waals surface area contributed by atoms with Gasteiger partial charge in [0.25, 0.3) is 10.2 Å². The number of rotatable bonds is 5. The summed E-state index contributed by atoms with van der Waals surface area (Å²) in [6, 6.07) is 1.82. The van der Waals surface area contributed by atoms with Crippen molar-refractivity contribution < 1.29 is 18.3 Å². The molecule has 1 fully saturated rings. The highest BCUT2D eigenvalue weighted by atomic mass is 32.2. The molecule has 2 aliphatic heterocycles. The maximum atomic E-state index is 12.8. The number of aliphatic carboxylic acids is 1. The first-order valence-electron chi connectivity index (χ1n) is 8.39. The number of nitrogens with zero attached hydrogens (tertiary/aromatic N) is 4. The van der Waals surface area contributed by atoms with Gasteiger partial charge in [0.05, 0.1) is 30.9 Å². The molecule has 0 atom stereocenters. The van der Waals surface area contributed by atoms with Crippen molar-refractivity contribution in [1.29, 1.82) is 0 Å². The molecule has 0 amide bonds. The van der Waals surface area contributed by atoms with Crippen molar-refractivity contribution in [2.45, 2.75) is 45.7 Å². The summed E-state index contributed by atoms with van der Waals surface area (Å²) in [6.45, 7) is 4.54. The van der Waals surface area contributed by atoms with Crippen molar-refractivity contribution in [1.82, 2.24) is 18.4 Å². The summed E-state index contributed by atoms with van der Waals surface area (Å²) < 4.78 is 30.5. The molecule has 0 bridgehead atoms. The van der Waals surface area contributed by atoms with E-state index in [0.717, 1.165) is 18.5 Å². The molecule has 9 heteroatoms. The maximum Gasteiger partial charge on any atom is 0.303 e. The van der Waals surface area contributed by atoms with Gasteiger partial charge in [-0.15, -0.1) is 0 Å². The van der Waals surface area contributed by atoms with E-state index in [4.69, 9.17) is 5.11 Å². The standard InChI is InChI=1S/C15H24N4O4S/c1-12-4-6-17(7-5-12)24(22,23)18-8-9-19-14(11-18)10-13(16-19)2-3-15(20)21/h10,12H,2-9,11H2,1H3,(H,20,21). The molecule has 24 heavy (non-hydrogen) atoms. The molecule has 0 saturated carbocycles. The first kappa shape index (κ1) is 17.4. The lowest BCUT2D eigenvalue weighted by Gasteiger charge is -2.35. The first-order valence-corrected chi connectivity index (χ1v) is 9.78.